The summed E-state index contributed by atoms with van der Waals surface area (Å²) in [5.41, 5.74) is 1.40. The zero-order valence-electron chi connectivity index (χ0n) is 9.10. The first-order valence-electron chi connectivity index (χ1n) is 5.44. The Morgan fingerprint density at radius 2 is 1.76 bits per heavy atom. The van der Waals surface area contributed by atoms with Gasteiger partial charge in [0, 0.05) is 28.9 Å². The minimum absolute atomic E-state index is 0.184. The van der Waals surface area contributed by atoms with Crippen molar-refractivity contribution in [2.75, 3.05) is 0 Å². The fourth-order valence-corrected chi connectivity index (χ4v) is 1.98. The van der Waals surface area contributed by atoms with Gasteiger partial charge >= 0.3 is 0 Å². The summed E-state index contributed by atoms with van der Waals surface area (Å²) in [6.07, 6.45) is 3.36. The number of aromatic nitrogens is 1. The molecule has 0 spiro atoms. The summed E-state index contributed by atoms with van der Waals surface area (Å²) < 4.78 is 14.3. The van der Waals surface area contributed by atoms with Crippen molar-refractivity contribution in [2.45, 2.75) is 0 Å². The normalized spacial score (nSPS) is 10.6. The molecule has 1 aromatic heterocycles. The van der Waals surface area contributed by atoms with Crippen LogP contribution in [0.2, 0.25) is 0 Å². The van der Waals surface area contributed by atoms with Crippen LogP contribution in [-0.2, 0) is 0 Å². The van der Waals surface area contributed by atoms with Crippen LogP contribution in [0.3, 0.4) is 0 Å². The maximum Gasteiger partial charge on any atom is 0.138 e. The highest BCUT2D eigenvalue weighted by Gasteiger charge is 2.08. The van der Waals surface area contributed by atoms with Crippen LogP contribution in [0.25, 0.3) is 21.9 Å². The molecule has 0 unspecified atom stereocenters. The molecular weight excluding hydrogens is 213 g/mol. The van der Waals surface area contributed by atoms with E-state index >= 15 is 0 Å². The lowest BCUT2D eigenvalue weighted by atomic mass is 10.0. The van der Waals surface area contributed by atoms with Gasteiger partial charge in [-0.05, 0) is 11.5 Å². The maximum absolute atomic E-state index is 14.3. The van der Waals surface area contributed by atoms with Crippen molar-refractivity contribution in [3.8, 4) is 11.1 Å². The van der Waals surface area contributed by atoms with Gasteiger partial charge in [-0.3, -0.25) is 4.98 Å². The van der Waals surface area contributed by atoms with Crippen molar-refractivity contribution in [1.29, 1.82) is 0 Å². The minimum atomic E-state index is -0.184. The molecule has 0 fully saturated rings. The Balaban J connectivity index is 2.29. The van der Waals surface area contributed by atoms with Crippen LogP contribution >= 0.6 is 0 Å². The molecule has 0 aliphatic heterocycles. The summed E-state index contributed by atoms with van der Waals surface area (Å²) in [6.45, 7) is 0. The highest BCUT2D eigenvalue weighted by molar-refractivity contribution is 5.88. The second-order valence-electron chi connectivity index (χ2n) is 3.89. The zero-order chi connectivity index (χ0) is 11.7. The van der Waals surface area contributed by atoms with Crippen molar-refractivity contribution < 1.29 is 4.39 Å². The average molecular weight is 223 g/mol. The van der Waals surface area contributed by atoms with Crippen LogP contribution in [0.5, 0.6) is 0 Å². The van der Waals surface area contributed by atoms with Gasteiger partial charge in [-0.2, -0.15) is 0 Å². The second kappa shape index (κ2) is 3.98. The topological polar surface area (TPSA) is 12.9 Å². The number of halogens is 1. The molecule has 17 heavy (non-hydrogen) atoms. The largest absolute Gasteiger partial charge is 0.264 e. The fourth-order valence-electron chi connectivity index (χ4n) is 1.98. The monoisotopic (exact) mass is 223 g/mol. The molecule has 0 bridgehead atoms. The Labute approximate surface area is 98.6 Å². The maximum atomic E-state index is 14.3. The highest BCUT2D eigenvalue weighted by Crippen LogP contribution is 2.28. The van der Waals surface area contributed by atoms with Crippen molar-refractivity contribution in [3.63, 3.8) is 0 Å². The number of fused-ring (bicyclic) bond motifs is 1. The van der Waals surface area contributed by atoms with E-state index in [2.05, 4.69) is 4.98 Å². The van der Waals surface area contributed by atoms with Gasteiger partial charge in [0.25, 0.3) is 0 Å². The van der Waals surface area contributed by atoms with E-state index < -0.39 is 0 Å². The second-order valence-corrected chi connectivity index (χ2v) is 3.89. The molecule has 0 N–H and O–H groups in total. The SMILES string of the molecule is Fc1c(-c2cccnc2)ccc2ccccc12. The van der Waals surface area contributed by atoms with Gasteiger partial charge in [0.2, 0.25) is 0 Å². The molecule has 0 saturated heterocycles. The zero-order valence-corrected chi connectivity index (χ0v) is 9.10. The first-order chi connectivity index (χ1) is 8.36. The molecule has 2 aromatic carbocycles. The Bertz CT molecular complexity index is 662. The molecule has 0 saturated carbocycles. The van der Waals surface area contributed by atoms with E-state index in [-0.39, 0.29) is 5.82 Å². The smallest absolute Gasteiger partial charge is 0.138 e. The number of nitrogens with zero attached hydrogens (tertiary/aromatic N) is 1. The molecule has 0 aliphatic carbocycles. The molecule has 0 atom stereocenters. The quantitative estimate of drug-likeness (QED) is 0.606. The highest BCUT2D eigenvalue weighted by atomic mass is 19.1. The van der Waals surface area contributed by atoms with Crippen LogP contribution in [0.15, 0.2) is 60.9 Å². The first-order valence-corrected chi connectivity index (χ1v) is 5.44. The fraction of sp³-hybridized carbons (Fsp3) is 0. The average Bonchev–Trinajstić information content (AvgIpc) is 2.40. The third kappa shape index (κ3) is 1.68. The summed E-state index contributed by atoms with van der Waals surface area (Å²) in [4.78, 5) is 4.02. The van der Waals surface area contributed by atoms with E-state index in [0.29, 0.717) is 10.9 Å². The molecule has 3 rings (SSSR count). The van der Waals surface area contributed by atoms with Crippen molar-refractivity contribution >= 4 is 10.8 Å². The van der Waals surface area contributed by atoms with Crippen molar-refractivity contribution in [2.24, 2.45) is 0 Å². The number of benzene rings is 2. The third-order valence-corrected chi connectivity index (χ3v) is 2.84. The predicted molar refractivity (Wildman–Crippen MR) is 67.1 cm³/mol. The van der Waals surface area contributed by atoms with Crippen LogP contribution < -0.4 is 0 Å². The Hall–Kier alpha value is -2.22. The summed E-state index contributed by atoms with van der Waals surface area (Å²) >= 11 is 0. The van der Waals surface area contributed by atoms with Gasteiger partial charge in [0.15, 0.2) is 0 Å². The van der Waals surface area contributed by atoms with Crippen molar-refractivity contribution in [3.05, 3.63) is 66.7 Å². The molecule has 0 aliphatic rings. The number of hydrogen-bond donors (Lipinski definition) is 0. The predicted octanol–water partition coefficient (Wildman–Crippen LogP) is 4.04. The van der Waals surface area contributed by atoms with E-state index in [9.17, 15) is 4.39 Å². The summed E-state index contributed by atoms with van der Waals surface area (Å²) in [7, 11) is 0. The van der Waals surface area contributed by atoms with E-state index in [1.54, 1.807) is 24.5 Å². The van der Waals surface area contributed by atoms with Gasteiger partial charge < -0.3 is 0 Å². The van der Waals surface area contributed by atoms with Gasteiger partial charge in [-0.15, -0.1) is 0 Å². The lowest BCUT2D eigenvalue weighted by Gasteiger charge is -2.06. The standard InChI is InChI=1S/C15H10FN/c16-15-13-6-2-1-4-11(13)7-8-14(15)12-5-3-9-17-10-12/h1-10H. The molecule has 1 nitrogen and oxygen atoms in total. The van der Waals surface area contributed by atoms with Crippen molar-refractivity contribution in [1.82, 2.24) is 4.98 Å². The summed E-state index contributed by atoms with van der Waals surface area (Å²) in [6, 6.07) is 14.9. The number of rotatable bonds is 1. The van der Waals surface area contributed by atoms with Crippen LogP contribution in [0.4, 0.5) is 4.39 Å². The summed E-state index contributed by atoms with van der Waals surface area (Å²) in [5, 5.41) is 1.56. The van der Waals surface area contributed by atoms with Gasteiger partial charge in [-0.1, -0.05) is 42.5 Å². The minimum Gasteiger partial charge on any atom is -0.264 e. The molecule has 0 amide bonds. The van der Waals surface area contributed by atoms with E-state index in [4.69, 9.17) is 0 Å². The lowest BCUT2D eigenvalue weighted by Crippen LogP contribution is -1.87. The lowest BCUT2D eigenvalue weighted by molar-refractivity contribution is 0.643. The van der Waals surface area contributed by atoms with Crippen LogP contribution in [-0.4, -0.2) is 4.98 Å². The molecule has 1 heterocycles. The summed E-state index contributed by atoms with van der Waals surface area (Å²) in [5.74, 6) is -0.184. The first kappa shape index (κ1) is 9.97. The van der Waals surface area contributed by atoms with E-state index in [1.807, 2.05) is 36.4 Å². The van der Waals surface area contributed by atoms with Gasteiger partial charge in [0.05, 0.1) is 0 Å². The van der Waals surface area contributed by atoms with E-state index in [1.165, 1.54) is 0 Å². The molecule has 3 aromatic rings. The molecule has 2 heteroatoms. The van der Waals surface area contributed by atoms with Crippen LogP contribution in [0, 0.1) is 5.82 Å². The Morgan fingerprint density at radius 1 is 0.882 bits per heavy atom. The molecule has 0 radical (unpaired) electrons. The molecule has 82 valence electrons. The van der Waals surface area contributed by atoms with Crippen LogP contribution in [0.1, 0.15) is 0 Å². The molecular formula is C15H10FN. The third-order valence-electron chi connectivity index (χ3n) is 2.84. The van der Waals surface area contributed by atoms with Gasteiger partial charge in [0.1, 0.15) is 5.82 Å². The Morgan fingerprint density at radius 3 is 2.59 bits per heavy atom. The number of hydrogen-bond acceptors (Lipinski definition) is 1. The van der Waals surface area contributed by atoms with Gasteiger partial charge in [-0.25, -0.2) is 4.39 Å². The Kier molecular flexibility index (Phi) is 2.33. The van der Waals surface area contributed by atoms with E-state index in [0.717, 1.165) is 10.9 Å². The number of pyridine rings is 1.